The number of anilines is 2. The van der Waals surface area contributed by atoms with E-state index in [-0.39, 0.29) is 18.4 Å². The molecule has 0 aliphatic rings. The minimum atomic E-state index is 0. The first-order valence-electron chi connectivity index (χ1n) is 7.83. The summed E-state index contributed by atoms with van der Waals surface area (Å²) in [7, 11) is 0. The molecule has 0 atom stereocenters. The largest absolute Gasteiger partial charge is 0.326 e. The minimum absolute atomic E-state index is 0. The van der Waals surface area contributed by atoms with Gasteiger partial charge in [0.15, 0.2) is 5.96 Å². The fourth-order valence-corrected chi connectivity index (χ4v) is 2.54. The van der Waals surface area contributed by atoms with E-state index in [9.17, 15) is 0 Å². The minimum Gasteiger partial charge on any atom is -0.326 e. The first-order valence-corrected chi connectivity index (χ1v) is 7.83. The van der Waals surface area contributed by atoms with Crippen LogP contribution in [-0.4, -0.2) is 5.96 Å². The smallest absolute Gasteiger partial charge is 0.197 e. The average molecular weight is 340 g/mol. The molecule has 0 aliphatic heterocycles. The maximum absolute atomic E-state index is 8.09. The van der Waals surface area contributed by atoms with Gasteiger partial charge in [0.2, 0.25) is 0 Å². The van der Waals surface area contributed by atoms with Crippen molar-refractivity contribution in [3.8, 4) is 0 Å². The highest BCUT2D eigenvalue weighted by molar-refractivity contribution is 6.02. The Morgan fingerprint density at radius 3 is 2.04 bits per heavy atom. The topological polar surface area (TPSA) is 47.9 Å². The summed E-state index contributed by atoms with van der Waals surface area (Å²) in [5.74, 6) is 0.775. The van der Waals surface area contributed by atoms with Gasteiger partial charge in [-0.05, 0) is 46.5 Å². The van der Waals surface area contributed by atoms with Gasteiger partial charge in [0, 0.05) is 11.4 Å². The summed E-state index contributed by atoms with van der Waals surface area (Å²) in [6, 6.07) is 22.5. The highest BCUT2D eigenvalue weighted by Gasteiger charge is 2.02. The van der Waals surface area contributed by atoms with Crippen molar-refractivity contribution in [2.45, 2.75) is 19.8 Å². The molecule has 3 aromatic carbocycles. The van der Waals surface area contributed by atoms with Gasteiger partial charge in [-0.1, -0.05) is 56.3 Å². The number of halogens is 1. The van der Waals surface area contributed by atoms with E-state index in [0.717, 1.165) is 16.8 Å². The Hall–Kier alpha value is -2.52. The van der Waals surface area contributed by atoms with E-state index in [1.807, 2.05) is 36.4 Å². The third-order valence-electron chi connectivity index (χ3n) is 3.87. The van der Waals surface area contributed by atoms with Crippen LogP contribution < -0.4 is 10.6 Å². The standard InChI is InChI=1S/C20H21N3.ClH/c1-14(2)15-7-10-18(11-8-15)22-20(21)23-19-12-9-16-5-3-4-6-17(16)13-19;/h3-14H,1-2H3,(H3,21,22,23);1H. The Kier molecular flexibility index (Phi) is 5.83. The van der Waals surface area contributed by atoms with Crippen molar-refractivity contribution < 1.29 is 0 Å². The van der Waals surface area contributed by atoms with Crippen molar-refractivity contribution in [1.29, 1.82) is 5.41 Å². The molecule has 0 heterocycles. The quantitative estimate of drug-likeness (QED) is 0.414. The van der Waals surface area contributed by atoms with Crippen LogP contribution >= 0.6 is 12.4 Å². The molecule has 3 aromatic rings. The molecule has 0 fully saturated rings. The van der Waals surface area contributed by atoms with Crippen LogP contribution in [0.4, 0.5) is 11.4 Å². The fourth-order valence-electron chi connectivity index (χ4n) is 2.54. The van der Waals surface area contributed by atoms with Crippen LogP contribution in [-0.2, 0) is 0 Å². The second-order valence-corrected chi connectivity index (χ2v) is 5.96. The van der Waals surface area contributed by atoms with Crippen LogP contribution in [0, 0.1) is 5.41 Å². The van der Waals surface area contributed by atoms with Gasteiger partial charge in [0.1, 0.15) is 0 Å². The molecule has 0 aliphatic carbocycles. The lowest BCUT2D eigenvalue weighted by Gasteiger charge is -2.12. The predicted molar refractivity (Wildman–Crippen MR) is 107 cm³/mol. The van der Waals surface area contributed by atoms with Gasteiger partial charge in [-0.25, -0.2) is 0 Å². The highest BCUT2D eigenvalue weighted by atomic mass is 35.5. The fraction of sp³-hybridized carbons (Fsp3) is 0.150. The van der Waals surface area contributed by atoms with Crippen molar-refractivity contribution in [2.24, 2.45) is 0 Å². The van der Waals surface area contributed by atoms with Crippen LogP contribution in [0.15, 0.2) is 66.7 Å². The molecule has 0 spiro atoms. The summed E-state index contributed by atoms with van der Waals surface area (Å²) in [4.78, 5) is 0. The Morgan fingerprint density at radius 2 is 1.38 bits per heavy atom. The van der Waals surface area contributed by atoms with E-state index in [4.69, 9.17) is 5.41 Å². The van der Waals surface area contributed by atoms with Crippen LogP contribution in [0.25, 0.3) is 10.8 Å². The van der Waals surface area contributed by atoms with E-state index >= 15 is 0 Å². The number of benzene rings is 3. The van der Waals surface area contributed by atoms with Crippen molar-refractivity contribution in [3.63, 3.8) is 0 Å². The molecule has 124 valence electrons. The summed E-state index contributed by atoms with van der Waals surface area (Å²) in [6.07, 6.45) is 0. The molecule has 24 heavy (non-hydrogen) atoms. The zero-order valence-electron chi connectivity index (χ0n) is 13.8. The van der Waals surface area contributed by atoms with Gasteiger partial charge in [-0.15, -0.1) is 12.4 Å². The molecule has 4 heteroatoms. The van der Waals surface area contributed by atoms with E-state index in [2.05, 4.69) is 54.8 Å². The summed E-state index contributed by atoms with van der Waals surface area (Å²) in [5, 5.41) is 16.6. The SMILES string of the molecule is CC(C)c1ccc(NC(=N)Nc2ccc3ccccc3c2)cc1.Cl. The van der Waals surface area contributed by atoms with Crippen LogP contribution in [0.5, 0.6) is 0 Å². The normalized spacial score (nSPS) is 10.3. The molecule has 0 aromatic heterocycles. The molecule has 0 radical (unpaired) electrons. The Bertz CT molecular complexity index is 826. The summed E-state index contributed by atoms with van der Waals surface area (Å²) in [5.41, 5.74) is 3.11. The molecule has 0 unspecified atom stereocenters. The zero-order valence-corrected chi connectivity index (χ0v) is 14.7. The lowest BCUT2D eigenvalue weighted by atomic mass is 10.0. The highest BCUT2D eigenvalue weighted by Crippen LogP contribution is 2.20. The van der Waals surface area contributed by atoms with Crippen molar-refractivity contribution >= 4 is 40.5 Å². The zero-order chi connectivity index (χ0) is 16.2. The Labute approximate surface area is 149 Å². The van der Waals surface area contributed by atoms with Gasteiger partial charge in [-0.2, -0.15) is 0 Å². The Balaban J connectivity index is 0.00000208. The average Bonchev–Trinajstić information content (AvgIpc) is 2.55. The van der Waals surface area contributed by atoms with E-state index in [1.165, 1.54) is 10.9 Å². The maximum Gasteiger partial charge on any atom is 0.197 e. The van der Waals surface area contributed by atoms with Crippen molar-refractivity contribution in [1.82, 2.24) is 0 Å². The van der Waals surface area contributed by atoms with E-state index < -0.39 is 0 Å². The van der Waals surface area contributed by atoms with Crippen molar-refractivity contribution in [3.05, 3.63) is 72.3 Å². The second kappa shape index (κ2) is 7.84. The number of hydrogen-bond donors (Lipinski definition) is 3. The lowest BCUT2D eigenvalue weighted by Crippen LogP contribution is -2.20. The number of guanidine groups is 1. The molecular formula is C20H22ClN3. The second-order valence-electron chi connectivity index (χ2n) is 5.96. The predicted octanol–water partition coefficient (Wildman–Crippen LogP) is 5.84. The molecule has 3 nitrogen and oxygen atoms in total. The van der Waals surface area contributed by atoms with E-state index in [1.54, 1.807) is 0 Å². The third kappa shape index (κ3) is 4.27. The van der Waals surface area contributed by atoms with Crippen LogP contribution in [0.2, 0.25) is 0 Å². The molecule has 0 bridgehead atoms. The van der Waals surface area contributed by atoms with Crippen LogP contribution in [0.1, 0.15) is 25.3 Å². The van der Waals surface area contributed by atoms with Gasteiger partial charge >= 0.3 is 0 Å². The van der Waals surface area contributed by atoms with Gasteiger partial charge in [-0.3, -0.25) is 5.41 Å². The Morgan fingerprint density at radius 1 is 0.792 bits per heavy atom. The number of fused-ring (bicyclic) bond motifs is 1. The monoisotopic (exact) mass is 339 g/mol. The summed E-state index contributed by atoms with van der Waals surface area (Å²) in [6.45, 7) is 4.34. The molecule has 0 amide bonds. The number of rotatable bonds is 3. The molecule has 3 N–H and O–H groups in total. The molecule has 0 saturated carbocycles. The van der Waals surface area contributed by atoms with Gasteiger partial charge in [0.25, 0.3) is 0 Å². The van der Waals surface area contributed by atoms with Crippen molar-refractivity contribution in [2.75, 3.05) is 10.6 Å². The maximum atomic E-state index is 8.09. The third-order valence-corrected chi connectivity index (χ3v) is 3.87. The van der Waals surface area contributed by atoms with Gasteiger partial charge in [0.05, 0.1) is 0 Å². The first-order chi connectivity index (χ1) is 11.1. The molecule has 0 saturated heterocycles. The molecule has 3 rings (SSSR count). The number of hydrogen-bond acceptors (Lipinski definition) is 1. The molecular weight excluding hydrogens is 318 g/mol. The summed E-state index contributed by atoms with van der Waals surface area (Å²) < 4.78 is 0. The summed E-state index contributed by atoms with van der Waals surface area (Å²) >= 11 is 0. The lowest BCUT2D eigenvalue weighted by molar-refractivity contribution is 0.867. The number of nitrogens with one attached hydrogen (secondary N) is 3. The van der Waals surface area contributed by atoms with Crippen LogP contribution in [0.3, 0.4) is 0 Å². The van der Waals surface area contributed by atoms with E-state index in [0.29, 0.717) is 5.92 Å². The first kappa shape index (κ1) is 17.8. The van der Waals surface area contributed by atoms with Gasteiger partial charge < -0.3 is 10.6 Å².